The van der Waals surface area contributed by atoms with E-state index < -0.39 is 0 Å². The van der Waals surface area contributed by atoms with Gasteiger partial charge < -0.3 is 25.1 Å². The molecule has 0 aliphatic carbocycles. The molecule has 1 atom stereocenters. The highest BCUT2D eigenvalue weighted by molar-refractivity contribution is 5.82. The Kier molecular flexibility index (Phi) is 5.97. The molecule has 0 aliphatic heterocycles. The molecule has 0 saturated carbocycles. The van der Waals surface area contributed by atoms with Gasteiger partial charge in [-0.1, -0.05) is 6.92 Å². The first-order valence-corrected chi connectivity index (χ1v) is 8.08. The Morgan fingerprint density at radius 2 is 1.96 bits per heavy atom. The lowest BCUT2D eigenvalue weighted by Crippen LogP contribution is -2.38. The van der Waals surface area contributed by atoms with Crippen LogP contribution in [-0.4, -0.2) is 48.1 Å². The number of methoxy groups -OCH3 is 2. The van der Waals surface area contributed by atoms with Gasteiger partial charge in [0.05, 0.1) is 31.7 Å². The van der Waals surface area contributed by atoms with E-state index in [-0.39, 0.29) is 30.5 Å². The molecule has 3 N–H and O–H groups in total. The van der Waals surface area contributed by atoms with Crippen LogP contribution in [0.1, 0.15) is 19.7 Å². The number of rotatable bonds is 7. The number of hydrogen-bond acceptors (Lipinski definition) is 6. The van der Waals surface area contributed by atoms with Crippen LogP contribution in [0.5, 0.6) is 11.5 Å². The molecule has 25 heavy (non-hydrogen) atoms. The van der Waals surface area contributed by atoms with Gasteiger partial charge in [0, 0.05) is 25.1 Å². The van der Waals surface area contributed by atoms with Gasteiger partial charge in [-0.15, -0.1) is 0 Å². The van der Waals surface area contributed by atoms with Gasteiger partial charge in [0.2, 0.25) is 5.91 Å². The molecule has 8 nitrogen and oxygen atoms in total. The number of fused-ring (bicyclic) bond motifs is 1. The fourth-order valence-corrected chi connectivity index (χ4v) is 2.53. The Morgan fingerprint density at radius 3 is 2.52 bits per heavy atom. The number of nitrogens with one attached hydrogen (secondary N) is 1. The molecular formula is C17H24N4O4. The number of aromatic amines is 1. The van der Waals surface area contributed by atoms with E-state index in [2.05, 4.69) is 9.97 Å². The Balaban J connectivity index is 2.42. The molecule has 0 saturated heterocycles. The number of ether oxygens (including phenoxy) is 2. The van der Waals surface area contributed by atoms with Crippen molar-refractivity contribution in [1.29, 1.82) is 0 Å². The lowest BCUT2D eigenvalue weighted by molar-refractivity contribution is -0.135. The summed E-state index contributed by atoms with van der Waals surface area (Å²) >= 11 is 0. The van der Waals surface area contributed by atoms with E-state index in [1.807, 2.05) is 6.92 Å². The van der Waals surface area contributed by atoms with Crippen LogP contribution < -0.4 is 20.8 Å². The van der Waals surface area contributed by atoms with Crippen LogP contribution in [0.15, 0.2) is 16.9 Å². The molecule has 2 aromatic rings. The third-order valence-corrected chi connectivity index (χ3v) is 4.07. The van der Waals surface area contributed by atoms with Gasteiger partial charge in [-0.3, -0.25) is 9.59 Å². The first-order valence-electron chi connectivity index (χ1n) is 8.08. The van der Waals surface area contributed by atoms with Crippen molar-refractivity contribution in [2.75, 3.05) is 27.3 Å². The number of carbonyl (C=O) groups excluding carboxylic acids is 1. The number of benzene rings is 1. The number of nitrogens with two attached hydrogens (primary N) is 1. The Hall–Kier alpha value is -2.61. The monoisotopic (exact) mass is 348 g/mol. The molecule has 0 bridgehead atoms. The van der Waals surface area contributed by atoms with Gasteiger partial charge in [-0.05, 0) is 13.0 Å². The highest BCUT2D eigenvalue weighted by Crippen LogP contribution is 2.29. The number of hydrogen-bond donors (Lipinski definition) is 2. The van der Waals surface area contributed by atoms with E-state index in [0.717, 1.165) is 0 Å². The van der Waals surface area contributed by atoms with E-state index in [9.17, 15) is 9.59 Å². The first kappa shape index (κ1) is 18.7. The Bertz CT molecular complexity index is 818. The zero-order valence-electron chi connectivity index (χ0n) is 15.0. The molecule has 0 aliphatic rings. The summed E-state index contributed by atoms with van der Waals surface area (Å²) in [5, 5.41) is 0.395. The molecule has 8 heteroatoms. The SMILES string of the molecule is CCN(Cc1nc2cc(OC)c(OC)cc2c(=O)[nH]1)C(=O)C(C)CN. The summed E-state index contributed by atoms with van der Waals surface area (Å²) in [5.74, 6) is 0.997. The molecular weight excluding hydrogens is 324 g/mol. The quantitative estimate of drug-likeness (QED) is 0.768. The minimum atomic E-state index is -0.295. The molecule has 1 amide bonds. The molecule has 1 aromatic carbocycles. The first-order chi connectivity index (χ1) is 11.9. The van der Waals surface area contributed by atoms with Crippen LogP contribution in [-0.2, 0) is 11.3 Å². The second-order valence-corrected chi connectivity index (χ2v) is 5.73. The average molecular weight is 348 g/mol. The third kappa shape index (κ3) is 3.90. The van der Waals surface area contributed by atoms with Crippen LogP contribution in [0.2, 0.25) is 0 Å². The van der Waals surface area contributed by atoms with E-state index in [0.29, 0.717) is 34.8 Å². The van der Waals surface area contributed by atoms with Crippen molar-refractivity contribution in [3.63, 3.8) is 0 Å². The summed E-state index contributed by atoms with van der Waals surface area (Å²) in [6.07, 6.45) is 0. The fourth-order valence-electron chi connectivity index (χ4n) is 2.53. The van der Waals surface area contributed by atoms with Crippen LogP contribution >= 0.6 is 0 Å². The normalized spacial score (nSPS) is 12.0. The second kappa shape index (κ2) is 7.98. The van der Waals surface area contributed by atoms with Crippen molar-refractivity contribution in [1.82, 2.24) is 14.9 Å². The molecule has 0 spiro atoms. The van der Waals surface area contributed by atoms with Gasteiger partial charge in [-0.2, -0.15) is 0 Å². The van der Waals surface area contributed by atoms with Crippen molar-refractivity contribution in [2.45, 2.75) is 20.4 Å². The predicted molar refractivity (Wildman–Crippen MR) is 94.8 cm³/mol. The minimum absolute atomic E-state index is 0.0694. The third-order valence-electron chi connectivity index (χ3n) is 4.07. The number of nitrogens with zero attached hydrogens (tertiary/aromatic N) is 2. The molecule has 1 aromatic heterocycles. The highest BCUT2D eigenvalue weighted by Gasteiger charge is 2.19. The van der Waals surface area contributed by atoms with Crippen LogP contribution in [0, 0.1) is 5.92 Å². The van der Waals surface area contributed by atoms with Gasteiger partial charge in [0.15, 0.2) is 11.5 Å². The maximum absolute atomic E-state index is 12.4. The Labute approximate surface area is 145 Å². The van der Waals surface area contributed by atoms with Crippen molar-refractivity contribution in [3.05, 3.63) is 28.3 Å². The topological polar surface area (TPSA) is 111 Å². The van der Waals surface area contributed by atoms with Gasteiger partial charge >= 0.3 is 0 Å². The van der Waals surface area contributed by atoms with Crippen molar-refractivity contribution in [2.24, 2.45) is 11.7 Å². The maximum Gasteiger partial charge on any atom is 0.258 e. The summed E-state index contributed by atoms with van der Waals surface area (Å²) in [5.41, 5.74) is 5.75. The van der Waals surface area contributed by atoms with Crippen LogP contribution in [0.4, 0.5) is 0 Å². The highest BCUT2D eigenvalue weighted by atomic mass is 16.5. The van der Waals surface area contributed by atoms with Crippen molar-refractivity contribution < 1.29 is 14.3 Å². The zero-order valence-corrected chi connectivity index (χ0v) is 15.0. The lowest BCUT2D eigenvalue weighted by Gasteiger charge is -2.23. The van der Waals surface area contributed by atoms with Crippen LogP contribution in [0.25, 0.3) is 10.9 Å². The van der Waals surface area contributed by atoms with Crippen LogP contribution in [0.3, 0.4) is 0 Å². The summed E-state index contributed by atoms with van der Waals surface area (Å²) in [6.45, 7) is 4.62. The standard InChI is InChI=1S/C17H24N4O4/c1-5-21(17(23)10(2)8-18)9-15-19-12-7-14(25-4)13(24-3)6-11(12)16(22)20-15/h6-7,10H,5,8-9,18H2,1-4H3,(H,19,20,22). The van der Waals surface area contributed by atoms with E-state index in [4.69, 9.17) is 15.2 Å². The minimum Gasteiger partial charge on any atom is -0.493 e. The molecule has 136 valence electrons. The molecule has 1 unspecified atom stereocenters. The summed E-state index contributed by atoms with van der Waals surface area (Å²) < 4.78 is 10.5. The van der Waals surface area contributed by atoms with Gasteiger partial charge in [0.1, 0.15) is 5.82 Å². The predicted octanol–water partition coefficient (Wildman–Crippen LogP) is 0.884. The Morgan fingerprint density at radius 1 is 1.32 bits per heavy atom. The second-order valence-electron chi connectivity index (χ2n) is 5.73. The number of H-pyrrole nitrogens is 1. The van der Waals surface area contributed by atoms with Crippen molar-refractivity contribution >= 4 is 16.8 Å². The molecule has 0 radical (unpaired) electrons. The number of amides is 1. The summed E-state index contributed by atoms with van der Waals surface area (Å²) in [7, 11) is 3.02. The zero-order chi connectivity index (χ0) is 18.6. The molecule has 0 fully saturated rings. The largest absolute Gasteiger partial charge is 0.493 e. The lowest BCUT2D eigenvalue weighted by atomic mass is 10.1. The van der Waals surface area contributed by atoms with Crippen molar-refractivity contribution in [3.8, 4) is 11.5 Å². The van der Waals surface area contributed by atoms with E-state index in [1.54, 1.807) is 24.0 Å². The molecule has 1 heterocycles. The fraction of sp³-hybridized carbons (Fsp3) is 0.471. The van der Waals surface area contributed by atoms with Gasteiger partial charge in [0.25, 0.3) is 5.56 Å². The van der Waals surface area contributed by atoms with E-state index >= 15 is 0 Å². The molecule has 2 rings (SSSR count). The maximum atomic E-state index is 12.4. The average Bonchev–Trinajstić information content (AvgIpc) is 2.63. The number of aromatic nitrogens is 2. The van der Waals surface area contributed by atoms with Gasteiger partial charge in [-0.25, -0.2) is 4.98 Å². The summed E-state index contributed by atoms with van der Waals surface area (Å²) in [4.78, 5) is 33.5. The number of carbonyl (C=O) groups is 1. The van der Waals surface area contributed by atoms with E-state index in [1.165, 1.54) is 14.2 Å². The smallest absolute Gasteiger partial charge is 0.258 e. The summed E-state index contributed by atoms with van der Waals surface area (Å²) in [6, 6.07) is 3.23.